The molecule has 1 aliphatic heterocycles. The number of alkyl halides is 3. The normalized spacial score (nSPS) is 15.6. The molecule has 4 nitrogen and oxygen atoms in total. The first-order valence-corrected chi connectivity index (χ1v) is 8.82. The molecular weight excluding hydrogens is 355 g/mol. The Hall–Kier alpha value is -2.54. The number of amides is 2. The molecule has 0 bridgehead atoms. The number of hydrogen-bond donors (Lipinski definition) is 1. The van der Waals surface area contributed by atoms with Gasteiger partial charge in [0, 0.05) is 38.4 Å². The summed E-state index contributed by atoms with van der Waals surface area (Å²) >= 11 is 0. The molecule has 0 aliphatic carbocycles. The average molecular weight is 377 g/mol. The van der Waals surface area contributed by atoms with Gasteiger partial charge in [-0.3, -0.25) is 4.90 Å². The van der Waals surface area contributed by atoms with Crippen molar-refractivity contribution >= 4 is 11.7 Å². The molecule has 1 N–H and O–H groups in total. The third-order valence-corrected chi connectivity index (χ3v) is 4.61. The van der Waals surface area contributed by atoms with Crippen LogP contribution in [0.1, 0.15) is 16.7 Å². The van der Waals surface area contributed by atoms with Crippen molar-refractivity contribution in [1.29, 1.82) is 0 Å². The van der Waals surface area contributed by atoms with Gasteiger partial charge < -0.3 is 10.2 Å². The highest BCUT2D eigenvalue weighted by molar-refractivity contribution is 5.89. The third kappa shape index (κ3) is 5.23. The molecule has 0 aromatic heterocycles. The van der Waals surface area contributed by atoms with E-state index in [1.807, 2.05) is 6.07 Å². The Morgan fingerprint density at radius 1 is 1.04 bits per heavy atom. The van der Waals surface area contributed by atoms with Gasteiger partial charge in [-0.2, -0.15) is 13.2 Å². The number of rotatable bonds is 3. The maximum atomic E-state index is 12.6. The first-order chi connectivity index (χ1) is 12.8. The molecule has 0 saturated carbocycles. The van der Waals surface area contributed by atoms with Gasteiger partial charge in [0.05, 0.1) is 5.56 Å². The van der Waals surface area contributed by atoms with E-state index in [0.29, 0.717) is 18.8 Å². The molecule has 2 aromatic carbocycles. The molecule has 1 aliphatic rings. The predicted octanol–water partition coefficient (Wildman–Crippen LogP) is 4.36. The largest absolute Gasteiger partial charge is 0.416 e. The number of nitrogens with zero attached hydrogens (tertiary/aromatic N) is 2. The minimum Gasteiger partial charge on any atom is -0.322 e. The number of piperazine rings is 1. The topological polar surface area (TPSA) is 35.6 Å². The lowest BCUT2D eigenvalue weighted by Gasteiger charge is -2.34. The van der Waals surface area contributed by atoms with E-state index in [4.69, 9.17) is 0 Å². The molecule has 0 radical (unpaired) electrons. The van der Waals surface area contributed by atoms with Crippen LogP contribution >= 0.6 is 0 Å². The van der Waals surface area contributed by atoms with E-state index >= 15 is 0 Å². The van der Waals surface area contributed by atoms with Crippen molar-refractivity contribution in [3.8, 4) is 0 Å². The number of anilines is 1. The van der Waals surface area contributed by atoms with Crippen molar-refractivity contribution in [3.05, 3.63) is 65.2 Å². The molecule has 144 valence electrons. The van der Waals surface area contributed by atoms with E-state index in [2.05, 4.69) is 35.3 Å². The second-order valence-corrected chi connectivity index (χ2v) is 6.76. The quantitative estimate of drug-likeness (QED) is 0.863. The van der Waals surface area contributed by atoms with E-state index in [9.17, 15) is 18.0 Å². The van der Waals surface area contributed by atoms with Crippen LogP contribution in [0.5, 0.6) is 0 Å². The van der Waals surface area contributed by atoms with Gasteiger partial charge in [-0.15, -0.1) is 0 Å². The Morgan fingerprint density at radius 2 is 1.70 bits per heavy atom. The lowest BCUT2D eigenvalue weighted by atomic mass is 10.1. The second-order valence-electron chi connectivity index (χ2n) is 6.76. The van der Waals surface area contributed by atoms with Crippen molar-refractivity contribution in [1.82, 2.24) is 9.80 Å². The van der Waals surface area contributed by atoms with Crippen molar-refractivity contribution < 1.29 is 18.0 Å². The molecule has 0 atom stereocenters. The first-order valence-electron chi connectivity index (χ1n) is 8.82. The highest BCUT2D eigenvalue weighted by atomic mass is 19.4. The molecule has 7 heteroatoms. The number of aryl methyl sites for hydroxylation is 1. The molecule has 1 fully saturated rings. The number of carbonyl (C=O) groups excluding carboxylic acids is 1. The van der Waals surface area contributed by atoms with E-state index in [0.717, 1.165) is 31.8 Å². The fourth-order valence-corrected chi connectivity index (χ4v) is 3.12. The van der Waals surface area contributed by atoms with Crippen LogP contribution in [-0.2, 0) is 12.7 Å². The minimum atomic E-state index is -4.38. The minimum absolute atomic E-state index is 0.287. The number of halogens is 3. The number of carbonyl (C=O) groups is 1. The maximum Gasteiger partial charge on any atom is 0.416 e. The molecule has 3 rings (SSSR count). The Morgan fingerprint density at radius 3 is 2.30 bits per heavy atom. The van der Waals surface area contributed by atoms with Gasteiger partial charge in [0.25, 0.3) is 0 Å². The summed E-state index contributed by atoms with van der Waals surface area (Å²) in [6.07, 6.45) is -4.38. The van der Waals surface area contributed by atoms with Gasteiger partial charge >= 0.3 is 12.2 Å². The molecule has 27 heavy (non-hydrogen) atoms. The van der Waals surface area contributed by atoms with Gasteiger partial charge in [0.15, 0.2) is 0 Å². The van der Waals surface area contributed by atoms with Gasteiger partial charge in [-0.05, 0) is 36.8 Å². The zero-order valence-corrected chi connectivity index (χ0v) is 15.1. The number of nitrogens with one attached hydrogen (secondary N) is 1. The van der Waals surface area contributed by atoms with E-state index in [1.165, 1.54) is 23.3 Å². The molecule has 2 aromatic rings. The second kappa shape index (κ2) is 8.00. The van der Waals surface area contributed by atoms with Crippen molar-refractivity contribution in [2.75, 3.05) is 31.5 Å². The summed E-state index contributed by atoms with van der Waals surface area (Å²) in [7, 11) is 0. The molecular formula is C20H22F3N3O. The van der Waals surface area contributed by atoms with Gasteiger partial charge in [0.2, 0.25) is 0 Å². The molecule has 0 unspecified atom stereocenters. The Kier molecular flexibility index (Phi) is 5.70. The molecule has 0 spiro atoms. The van der Waals surface area contributed by atoms with Gasteiger partial charge in [-0.25, -0.2) is 4.79 Å². The highest BCUT2D eigenvalue weighted by Crippen LogP contribution is 2.29. The van der Waals surface area contributed by atoms with Crippen LogP contribution in [0.4, 0.5) is 23.7 Å². The standard InChI is InChI=1S/C20H22F3N3O/c1-15-3-2-4-16(13-15)14-25-9-11-26(12-10-25)19(27)24-18-7-5-17(6-8-18)20(21,22)23/h2-8,13H,9-12,14H2,1H3,(H,24,27). The van der Waals surface area contributed by atoms with Crippen molar-refractivity contribution in [3.63, 3.8) is 0 Å². The number of benzene rings is 2. The fraction of sp³-hybridized carbons (Fsp3) is 0.350. The molecule has 1 saturated heterocycles. The molecule has 2 amide bonds. The van der Waals surface area contributed by atoms with Crippen LogP contribution in [0, 0.1) is 6.92 Å². The van der Waals surface area contributed by atoms with Crippen LogP contribution < -0.4 is 5.32 Å². The average Bonchev–Trinajstić information content (AvgIpc) is 2.62. The SMILES string of the molecule is Cc1cccc(CN2CCN(C(=O)Nc3ccc(C(F)(F)F)cc3)CC2)c1. The van der Waals surface area contributed by atoms with Crippen LogP contribution in [0.2, 0.25) is 0 Å². The van der Waals surface area contributed by atoms with Crippen LogP contribution in [0.3, 0.4) is 0 Å². The maximum absolute atomic E-state index is 12.6. The Bertz CT molecular complexity index is 782. The highest BCUT2D eigenvalue weighted by Gasteiger charge is 2.30. The molecule has 1 heterocycles. The Labute approximate surface area is 156 Å². The summed E-state index contributed by atoms with van der Waals surface area (Å²) in [6.45, 7) is 5.59. The van der Waals surface area contributed by atoms with Crippen LogP contribution in [0.15, 0.2) is 48.5 Å². The summed E-state index contributed by atoms with van der Waals surface area (Å²) in [4.78, 5) is 16.3. The number of hydrogen-bond acceptors (Lipinski definition) is 2. The van der Waals surface area contributed by atoms with Crippen molar-refractivity contribution in [2.24, 2.45) is 0 Å². The van der Waals surface area contributed by atoms with E-state index in [-0.39, 0.29) is 6.03 Å². The van der Waals surface area contributed by atoms with Crippen molar-refractivity contribution in [2.45, 2.75) is 19.6 Å². The summed E-state index contributed by atoms with van der Waals surface area (Å²) in [5.74, 6) is 0. The zero-order valence-electron chi connectivity index (χ0n) is 15.1. The van der Waals surface area contributed by atoms with E-state index in [1.54, 1.807) is 4.90 Å². The van der Waals surface area contributed by atoms with Gasteiger partial charge in [0.1, 0.15) is 0 Å². The van der Waals surface area contributed by atoms with E-state index < -0.39 is 11.7 Å². The lowest BCUT2D eigenvalue weighted by Crippen LogP contribution is -2.49. The van der Waals surface area contributed by atoms with Gasteiger partial charge in [-0.1, -0.05) is 29.8 Å². The smallest absolute Gasteiger partial charge is 0.322 e. The monoisotopic (exact) mass is 377 g/mol. The van der Waals surface area contributed by atoms with Crippen LogP contribution in [0.25, 0.3) is 0 Å². The summed E-state index contributed by atoms with van der Waals surface area (Å²) in [6, 6.07) is 12.5. The lowest BCUT2D eigenvalue weighted by molar-refractivity contribution is -0.137. The first kappa shape index (κ1) is 19.2. The summed E-state index contributed by atoms with van der Waals surface area (Å²) in [5.41, 5.74) is 2.10. The summed E-state index contributed by atoms with van der Waals surface area (Å²) in [5, 5.41) is 2.66. The van der Waals surface area contributed by atoms with Crippen LogP contribution in [-0.4, -0.2) is 42.0 Å². The number of urea groups is 1. The zero-order chi connectivity index (χ0) is 19.4. The third-order valence-electron chi connectivity index (χ3n) is 4.61. The summed E-state index contributed by atoms with van der Waals surface area (Å²) < 4.78 is 37.8. The Balaban J connectivity index is 1.49. The fourth-order valence-electron chi connectivity index (χ4n) is 3.12. The predicted molar refractivity (Wildman–Crippen MR) is 98.5 cm³/mol.